The van der Waals surface area contributed by atoms with E-state index in [0.717, 1.165) is 4.57 Å². The second-order valence-electron chi connectivity index (χ2n) is 4.64. The lowest BCUT2D eigenvalue weighted by molar-refractivity contribution is -0.147. The first kappa shape index (κ1) is 10.4. The van der Waals surface area contributed by atoms with Gasteiger partial charge in [-0.25, -0.2) is 23.5 Å². The molecule has 2 aliphatic rings. The van der Waals surface area contributed by atoms with Gasteiger partial charge in [0.2, 0.25) is 0 Å². The molecule has 7 nitrogen and oxygen atoms in total. The van der Waals surface area contributed by atoms with E-state index in [-0.39, 0.29) is 35.4 Å². The molecule has 0 unspecified atom stereocenters. The molecular formula is C10H13N3O4. The van der Waals surface area contributed by atoms with E-state index in [2.05, 4.69) is 0 Å². The van der Waals surface area contributed by atoms with Crippen molar-refractivity contribution in [3.05, 3.63) is 21.0 Å². The molecule has 0 spiro atoms. The first-order valence-corrected chi connectivity index (χ1v) is 5.54. The number of rotatable bonds is 1. The topological polar surface area (TPSA) is 75.2 Å². The summed E-state index contributed by atoms with van der Waals surface area (Å²) in [6, 6.07) is -0.278. The molecular weight excluding hydrogens is 226 g/mol. The molecule has 17 heavy (non-hydrogen) atoms. The third kappa shape index (κ3) is 1.08. The molecule has 0 aromatic carbocycles. The van der Waals surface area contributed by atoms with Gasteiger partial charge in [0.25, 0.3) is 0 Å². The number of carbonyl (C=O) groups is 1. The van der Waals surface area contributed by atoms with Gasteiger partial charge in [0.05, 0.1) is 25.1 Å². The first-order chi connectivity index (χ1) is 8.06. The Morgan fingerprint density at radius 3 is 2.53 bits per heavy atom. The van der Waals surface area contributed by atoms with E-state index in [1.807, 2.05) is 0 Å². The molecule has 0 N–H and O–H groups in total. The molecule has 0 radical (unpaired) electrons. The van der Waals surface area contributed by atoms with Crippen LogP contribution in [0.25, 0.3) is 0 Å². The Morgan fingerprint density at radius 2 is 1.88 bits per heavy atom. The second-order valence-corrected chi connectivity index (χ2v) is 4.64. The third-order valence-electron chi connectivity index (χ3n) is 3.87. The maximum atomic E-state index is 11.9. The van der Waals surface area contributed by atoms with Gasteiger partial charge in [0.15, 0.2) is 0 Å². The fraction of sp³-hybridized carbons (Fsp3) is 0.700. The normalized spacial score (nSPS) is 29.4. The number of hydrogen-bond donors (Lipinski definition) is 0. The Morgan fingerprint density at radius 1 is 1.24 bits per heavy atom. The fourth-order valence-electron chi connectivity index (χ4n) is 3.07. The predicted molar refractivity (Wildman–Crippen MR) is 56.7 cm³/mol. The van der Waals surface area contributed by atoms with Crippen LogP contribution in [0.1, 0.15) is 24.9 Å². The van der Waals surface area contributed by atoms with E-state index in [1.54, 1.807) is 0 Å². The molecule has 1 fully saturated rings. The van der Waals surface area contributed by atoms with Crippen LogP contribution in [0.4, 0.5) is 0 Å². The molecule has 1 aromatic rings. The highest BCUT2D eigenvalue weighted by atomic mass is 16.5. The minimum absolute atomic E-state index is 0.0505. The van der Waals surface area contributed by atoms with Gasteiger partial charge in [-0.15, -0.1) is 0 Å². The highest BCUT2D eigenvalue weighted by Crippen LogP contribution is 2.46. The van der Waals surface area contributed by atoms with Gasteiger partial charge in [0.1, 0.15) is 0 Å². The summed E-state index contributed by atoms with van der Waals surface area (Å²) in [4.78, 5) is 35.3. The Labute approximate surface area is 96.2 Å². The molecule has 2 bridgehead atoms. The van der Waals surface area contributed by atoms with Crippen LogP contribution in [0.15, 0.2) is 9.59 Å². The Kier molecular flexibility index (Phi) is 1.90. The Balaban J connectivity index is 2.15. The van der Waals surface area contributed by atoms with Crippen LogP contribution in [0.3, 0.4) is 0 Å². The minimum Gasteiger partial charge on any atom is -0.469 e. The average molecular weight is 239 g/mol. The lowest BCUT2D eigenvalue weighted by atomic mass is 10.0. The summed E-state index contributed by atoms with van der Waals surface area (Å²) < 4.78 is 8.71. The van der Waals surface area contributed by atoms with Crippen molar-refractivity contribution in [1.29, 1.82) is 0 Å². The van der Waals surface area contributed by atoms with Crippen LogP contribution >= 0.6 is 0 Å². The molecule has 0 saturated heterocycles. The van der Waals surface area contributed by atoms with Crippen molar-refractivity contribution in [3.8, 4) is 0 Å². The minimum atomic E-state index is -0.351. The molecule has 1 aliphatic heterocycles. The van der Waals surface area contributed by atoms with Crippen molar-refractivity contribution in [3.63, 3.8) is 0 Å². The number of ether oxygens (including phenoxy) is 1. The van der Waals surface area contributed by atoms with E-state index in [4.69, 9.17) is 4.74 Å². The van der Waals surface area contributed by atoms with Crippen LogP contribution in [0, 0.1) is 5.92 Å². The summed E-state index contributed by atoms with van der Waals surface area (Å²) in [5.74, 6) is -0.601. The van der Waals surface area contributed by atoms with Gasteiger partial charge in [0, 0.05) is 7.05 Å². The zero-order valence-corrected chi connectivity index (χ0v) is 9.62. The Hall–Kier alpha value is -1.79. The molecule has 3 rings (SSSR count). The van der Waals surface area contributed by atoms with Gasteiger partial charge in [-0.05, 0) is 12.8 Å². The number of carbonyl (C=O) groups excluding carboxylic acids is 1. The monoisotopic (exact) mass is 239 g/mol. The lowest BCUT2D eigenvalue weighted by Gasteiger charge is -2.21. The summed E-state index contributed by atoms with van der Waals surface area (Å²) in [7, 11) is 2.80. The van der Waals surface area contributed by atoms with Crippen molar-refractivity contribution < 1.29 is 9.53 Å². The third-order valence-corrected chi connectivity index (χ3v) is 3.87. The quantitative estimate of drug-likeness (QED) is 0.591. The summed E-state index contributed by atoms with van der Waals surface area (Å²) >= 11 is 0. The maximum Gasteiger partial charge on any atom is 0.347 e. The average Bonchev–Trinajstić information content (AvgIpc) is 2.96. The van der Waals surface area contributed by atoms with E-state index >= 15 is 0 Å². The molecule has 1 aliphatic carbocycles. The van der Waals surface area contributed by atoms with Crippen molar-refractivity contribution in [1.82, 2.24) is 13.9 Å². The standard InChI is InChI=1S/C10H13N3O4/c1-11-9(15)12-5-3-6(8(14)17-2)7(4-5)13(12)10(11)16/h5-7H,3-4H2,1-2H3/t5-,6+,7-/m0/s1. The largest absolute Gasteiger partial charge is 0.469 e. The van der Waals surface area contributed by atoms with E-state index in [9.17, 15) is 14.4 Å². The van der Waals surface area contributed by atoms with Crippen LogP contribution in [-0.4, -0.2) is 27.0 Å². The maximum absolute atomic E-state index is 11.9. The predicted octanol–water partition coefficient (Wildman–Crippen LogP) is -0.973. The van der Waals surface area contributed by atoms with Crippen LogP contribution in [0.2, 0.25) is 0 Å². The highest BCUT2D eigenvalue weighted by Gasteiger charge is 2.50. The molecule has 1 aromatic heterocycles. The fourth-order valence-corrected chi connectivity index (χ4v) is 3.07. The first-order valence-electron chi connectivity index (χ1n) is 5.54. The van der Waals surface area contributed by atoms with Crippen LogP contribution in [-0.2, 0) is 16.6 Å². The molecule has 92 valence electrons. The van der Waals surface area contributed by atoms with Gasteiger partial charge in [-0.1, -0.05) is 0 Å². The van der Waals surface area contributed by atoms with Crippen molar-refractivity contribution in [2.24, 2.45) is 13.0 Å². The van der Waals surface area contributed by atoms with Crippen LogP contribution in [0.5, 0.6) is 0 Å². The van der Waals surface area contributed by atoms with E-state index in [0.29, 0.717) is 12.8 Å². The number of aromatic nitrogens is 3. The van der Waals surface area contributed by atoms with E-state index < -0.39 is 0 Å². The highest BCUT2D eigenvalue weighted by molar-refractivity contribution is 5.73. The molecule has 7 heteroatoms. The number of methoxy groups -OCH3 is 1. The number of nitrogens with zero attached hydrogens (tertiary/aromatic N) is 3. The molecule has 3 atom stereocenters. The summed E-state index contributed by atoms with van der Waals surface area (Å²) in [6.45, 7) is 0. The van der Waals surface area contributed by atoms with Gasteiger partial charge in [-0.3, -0.25) is 4.79 Å². The molecule has 1 saturated carbocycles. The number of esters is 1. The zero-order valence-electron chi connectivity index (χ0n) is 9.62. The number of hydrogen-bond acceptors (Lipinski definition) is 4. The zero-order chi connectivity index (χ0) is 12.3. The van der Waals surface area contributed by atoms with Crippen molar-refractivity contribution in [2.45, 2.75) is 24.9 Å². The summed E-state index contributed by atoms with van der Waals surface area (Å²) in [5.41, 5.74) is -0.651. The number of fused-ring (bicyclic) bond motifs is 5. The molecule has 0 amide bonds. The van der Waals surface area contributed by atoms with Crippen LogP contribution < -0.4 is 11.4 Å². The van der Waals surface area contributed by atoms with E-state index in [1.165, 1.54) is 23.5 Å². The van der Waals surface area contributed by atoms with Crippen molar-refractivity contribution in [2.75, 3.05) is 7.11 Å². The van der Waals surface area contributed by atoms with Gasteiger partial charge < -0.3 is 4.74 Å². The SMILES string of the molecule is COC(=O)[C@@H]1C[C@H]2C[C@@H]1n1c(=O)n(C)c(=O)n12. The van der Waals surface area contributed by atoms with Gasteiger partial charge >= 0.3 is 17.3 Å². The smallest absolute Gasteiger partial charge is 0.347 e. The van der Waals surface area contributed by atoms with Crippen molar-refractivity contribution >= 4 is 5.97 Å². The second kappa shape index (κ2) is 3.12. The molecule has 2 heterocycles. The van der Waals surface area contributed by atoms with Gasteiger partial charge in [-0.2, -0.15) is 0 Å². The summed E-state index contributed by atoms with van der Waals surface area (Å²) in [6.07, 6.45) is 1.26. The lowest BCUT2D eigenvalue weighted by Crippen LogP contribution is -2.35. The Bertz CT molecular complexity index is 608. The summed E-state index contributed by atoms with van der Waals surface area (Å²) in [5, 5.41) is 0.